The van der Waals surface area contributed by atoms with Crippen molar-refractivity contribution in [1.82, 2.24) is 4.90 Å². The first-order chi connectivity index (χ1) is 6.93. The number of hydrogen-bond acceptors (Lipinski definition) is 4. The summed E-state index contributed by atoms with van der Waals surface area (Å²) >= 11 is 0. The van der Waals surface area contributed by atoms with Gasteiger partial charge in [0.1, 0.15) is 0 Å². The van der Waals surface area contributed by atoms with Gasteiger partial charge >= 0.3 is 0 Å². The van der Waals surface area contributed by atoms with Gasteiger partial charge in [-0.05, 0) is 6.07 Å². The highest BCUT2D eigenvalue weighted by Gasteiger charge is 2.16. The lowest BCUT2D eigenvalue weighted by Crippen LogP contribution is -2.22. The molecule has 0 aliphatic heterocycles. The third-order valence-corrected chi connectivity index (χ3v) is 1.88. The second-order valence-electron chi connectivity index (χ2n) is 3.23. The van der Waals surface area contributed by atoms with E-state index >= 15 is 0 Å². The Morgan fingerprint density at radius 2 is 2.07 bits per heavy atom. The topological polar surface area (TPSA) is 89.5 Å². The smallest absolute Gasteiger partial charge is 0.270 e. The predicted molar refractivity (Wildman–Crippen MR) is 55.5 cm³/mol. The molecule has 0 bridgehead atoms. The molecular weight excluding hydrogens is 198 g/mol. The molecular formula is C9H11N3O3. The Bertz CT molecular complexity index is 415. The van der Waals surface area contributed by atoms with Crippen LogP contribution < -0.4 is 5.73 Å². The largest absolute Gasteiger partial charge is 0.398 e. The number of non-ortho nitro benzene ring substituents is 1. The maximum Gasteiger partial charge on any atom is 0.270 e. The van der Waals surface area contributed by atoms with Crippen molar-refractivity contribution in [2.45, 2.75) is 0 Å². The van der Waals surface area contributed by atoms with E-state index in [0.717, 1.165) is 0 Å². The van der Waals surface area contributed by atoms with Crippen molar-refractivity contribution in [1.29, 1.82) is 0 Å². The fourth-order valence-electron chi connectivity index (χ4n) is 1.08. The van der Waals surface area contributed by atoms with Crippen LogP contribution in [0.15, 0.2) is 18.2 Å². The molecule has 0 saturated carbocycles. The number of benzene rings is 1. The SMILES string of the molecule is CN(C)C(=O)c1cc([N+](=O)[O-])ccc1N. The zero-order valence-corrected chi connectivity index (χ0v) is 8.43. The molecule has 80 valence electrons. The molecule has 0 fully saturated rings. The summed E-state index contributed by atoms with van der Waals surface area (Å²) in [6, 6.07) is 3.80. The number of nitro benzene ring substituents is 1. The van der Waals surface area contributed by atoms with E-state index in [-0.39, 0.29) is 22.8 Å². The van der Waals surface area contributed by atoms with E-state index in [4.69, 9.17) is 5.73 Å². The second kappa shape index (κ2) is 3.95. The van der Waals surface area contributed by atoms with Crippen LogP contribution in [0.4, 0.5) is 11.4 Å². The fourth-order valence-corrected chi connectivity index (χ4v) is 1.08. The molecule has 0 aromatic heterocycles. The Morgan fingerprint density at radius 1 is 1.47 bits per heavy atom. The molecule has 15 heavy (non-hydrogen) atoms. The number of nitro groups is 1. The van der Waals surface area contributed by atoms with Gasteiger partial charge in [0.2, 0.25) is 0 Å². The summed E-state index contributed by atoms with van der Waals surface area (Å²) in [5.74, 6) is -0.351. The van der Waals surface area contributed by atoms with Gasteiger partial charge in [-0.15, -0.1) is 0 Å². The van der Waals surface area contributed by atoms with Crippen LogP contribution in [-0.2, 0) is 0 Å². The molecule has 6 heteroatoms. The van der Waals surface area contributed by atoms with Gasteiger partial charge in [0.15, 0.2) is 0 Å². The van der Waals surface area contributed by atoms with Crippen LogP contribution in [0.2, 0.25) is 0 Å². The summed E-state index contributed by atoms with van der Waals surface area (Å²) in [7, 11) is 3.11. The highest BCUT2D eigenvalue weighted by Crippen LogP contribution is 2.20. The molecule has 6 nitrogen and oxygen atoms in total. The zero-order chi connectivity index (χ0) is 11.6. The van der Waals surface area contributed by atoms with E-state index in [0.29, 0.717) is 0 Å². The number of carbonyl (C=O) groups excluding carboxylic acids is 1. The lowest BCUT2D eigenvalue weighted by Gasteiger charge is -2.11. The van der Waals surface area contributed by atoms with Gasteiger partial charge in [-0.3, -0.25) is 14.9 Å². The molecule has 0 unspecified atom stereocenters. The van der Waals surface area contributed by atoms with Gasteiger partial charge in [-0.1, -0.05) is 0 Å². The van der Waals surface area contributed by atoms with Crippen molar-refractivity contribution in [2.75, 3.05) is 19.8 Å². The molecule has 0 aliphatic carbocycles. The maximum atomic E-state index is 11.6. The summed E-state index contributed by atoms with van der Waals surface area (Å²) in [5, 5.41) is 10.5. The molecule has 0 radical (unpaired) electrons. The van der Waals surface area contributed by atoms with Gasteiger partial charge in [-0.25, -0.2) is 0 Å². The van der Waals surface area contributed by atoms with Gasteiger partial charge in [0.25, 0.3) is 11.6 Å². The standard InChI is InChI=1S/C9H11N3O3/c1-11(2)9(13)7-5-6(12(14)15)3-4-8(7)10/h3-5H,10H2,1-2H3. The first-order valence-corrected chi connectivity index (χ1v) is 4.19. The van der Waals surface area contributed by atoms with Crippen LogP contribution in [0.5, 0.6) is 0 Å². The van der Waals surface area contributed by atoms with E-state index in [9.17, 15) is 14.9 Å². The van der Waals surface area contributed by atoms with Crippen LogP contribution in [0.1, 0.15) is 10.4 Å². The average molecular weight is 209 g/mol. The van der Waals surface area contributed by atoms with Gasteiger partial charge in [0, 0.05) is 31.9 Å². The van der Waals surface area contributed by atoms with E-state index in [1.165, 1.54) is 23.1 Å². The minimum atomic E-state index is -0.564. The molecule has 1 rings (SSSR count). The monoisotopic (exact) mass is 209 g/mol. The number of nitrogens with two attached hydrogens (primary N) is 1. The molecule has 0 spiro atoms. The van der Waals surface area contributed by atoms with Crippen molar-refractivity contribution in [3.63, 3.8) is 0 Å². The van der Waals surface area contributed by atoms with Crippen LogP contribution in [-0.4, -0.2) is 29.8 Å². The number of amides is 1. The average Bonchev–Trinajstić information content (AvgIpc) is 2.16. The number of nitrogens with zero attached hydrogens (tertiary/aromatic N) is 2. The Balaban J connectivity index is 3.22. The normalized spacial score (nSPS) is 9.73. The second-order valence-corrected chi connectivity index (χ2v) is 3.23. The summed E-state index contributed by atoms with van der Waals surface area (Å²) in [5.41, 5.74) is 5.80. The van der Waals surface area contributed by atoms with Crippen molar-refractivity contribution in [3.8, 4) is 0 Å². The summed E-state index contributed by atoms with van der Waals surface area (Å²) in [6.45, 7) is 0. The summed E-state index contributed by atoms with van der Waals surface area (Å²) < 4.78 is 0. The number of nitrogen functional groups attached to an aromatic ring is 1. The molecule has 2 N–H and O–H groups in total. The minimum Gasteiger partial charge on any atom is -0.398 e. The first kappa shape index (κ1) is 11.0. The van der Waals surface area contributed by atoms with E-state index in [2.05, 4.69) is 0 Å². The number of anilines is 1. The van der Waals surface area contributed by atoms with Crippen LogP contribution in [0, 0.1) is 10.1 Å². The molecule has 1 aromatic carbocycles. The first-order valence-electron chi connectivity index (χ1n) is 4.19. The quantitative estimate of drug-likeness (QED) is 0.444. The number of rotatable bonds is 2. The molecule has 0 atom stereocenters. The maximum absolute atomic E-state index is 11.6. The van der Waals surface area contributed by atoms with Crippen molar-refractivity contribution < 1.29 is 9.72 Å². The molecule has 1 aromatic rings. The molecule has 0 aliphatic rings. The molecule has 0 saturated heterocycles. The highest BCUT2D eigenvalue weighted by atomic mass is 16.6. The van der Waals surface area contributed by atoms with Crippen molar-refractivity contribution >= 4 is 17.3 Å². The Morgan fingerprint density at radius 3 is 2.53 bits per heavy atom. The van der Waals surface area contributed by atoms with Gasteiger partial charge < -0.3 is 10.6 Å². The Labute approximate surface area is 86.4 Å². The van der Waals surface area contributed by atoms with Crippen molar-refractivity contribution in [2.24, 2.45) is 0 Å². The predicted octanol–water partition coefficient (Wildman–Crippen LogP) is 0.879. The molecule has 1 amide bonds. The minimum absolute atomic E-state index is 0.144. The third kappa shape index (κ3) is 2.22. The van der Waals surface area contributed by atoms with Crippen LogP contribution >= 0.6 is 0 Å². The van der Waals surface area contributed by atoms with E-state index in [1.54, 1.807) is 14.1 Å². The summed E-state index contributed by atoms with van der Waals surface area (Å²) in [6.07, 6.45) is 0. The zero-order valence-electron chi connectivity index (χ0n) is 8.43. The third-order valence-electron chi connectivity index (χ3n) is 1.88. The number of carbonyl (C=O) groups is 1. The van der Waals surface area contributed by atoms with Gasteiger partial charge in [0.05, 0.1) is 10.5 Å². The van der Waals surface area contributed by atoms with Crippen LogP contribution in [0.25, 0.3) is 0 Å². The molecule has 0 heterocycles. The Hall–Kier alpha value is -2.11. The Kier molecular flexibility index (Phi) is 2.89. The summed E-state index contributed by atoms with van der Waals surface area (Å²) in [4.78, 5) is 22.8. The fraction of sp³-hybridized carbons (Fsp3) is 0.222. The number of hydrogen-bond donors (Lipinski definition) is 1. The lowest BCUT2D eigenvalue weighted by atomic mass is 10.1. The highest BCUT2D eigenvalue weighted by molar-refractivity contribution is 5.99. The van der Waals surface area contributed by atoms with E-state index < -0.39 is 4.92 Å². The lowest BCUT2D eigenvalue weighted by molar-refractivity contribution is -0.384. The van der Waals surface area contributed by atoms with Gasteiger partial charge in [-0.2, -0.15) is 0 Å². The van der Waals surface area contributed by atoms with Crippen molar-refractivity contribution in [3.05, 3.63) is 33.9 Å². The van der Waals surface area contributed by atoms with E-state index in [1.807, 2.05) is 0 Å². The van der Waals surface area contributed by atoms with Crippen LogP contribution in [0.3, 0.4) is 0 Å².